The number of guanidine groups is 1. The predicted octanol–water partition coefficient (Wildman–Crippen LogP) is 1.56. The highest BCUT2D eigenvalue weighted by atomic mass is 16.1. The normalized spacial score (nSPS) is 13.5. The Labute approximate surface area is 126 Å². The van der Waals surface area contributed by atoms with Crippen LogP contribution in [0.25, 0.3) is 0 Å². The van der Waals surface area contributed by atoms with Gasteiger partial charge in [-0.15, -0.1) is 0 Å². The first-order chi connectivity index (χ1) is 9.97. The van der Waals surface area contributed by atoms with Crippen LogP contribution in [-0.4, -0.2) is 55.9 Å². The molecule has 0 aliphatic heterocycles. The van der Waals surface area contributed by atoms with Crippen LogP contribution < -0.4 is 5.32 Å². The number of benzene rings is 1. The number of aliphatic imine (C=N–C) groups is 1. The molecular formula is C16H24N4O. The van der Waals surface area contributed by atoms with Gasteiger partial charge in [-0.1, -0.05) is 12.1 Å². The standard InChI is InChI=1S/C16H24N4O/c1-19(2)16(20(3)4)17-11-12-6-5-7-13(10-12)15(21)18-14-8-9-14/h5-7,10,14H,8-9,11H2,1-4H3,(H,18,21). The monoisotopic (exact) mass is 288 g/mol. The Bertz CT molecular complexity index is 523. The molecule has 0 aromatic heterocycles. The molecule has 5 heteroatoms. The van der Waals surface area contributed by atoms with E-state index in [9.17, 15) is 4.79 Å². The van der Waals surface area contributed by atoms with Crippen LogP contribution in [0.15, 0.2) is 29.3 Å². The lowest BCUT2D eigenvalue weighted by Crippen LogP contribution is -2.35. The maximum atomic E-state index is 12.0. The van der Waals surface area contributed by atoms with Gasteiger partial charge in [0.2, 0.25) is 0 Å². The first kappa shape index (κ1) is 15.4. The number of hydrogen-bond acceptors (Lipinski definition) is 2. The van der Waals surface area contributed by atoms with E-state index >= 15 is 0 Å². The second-order valence-electron chi connectivity index (χ2n) is 5.85. The van der Waals surface area contributed by atoms with E-state index in [0.29, 0.717) is 18.2 Å². The molecule has 0 unspecified atom stereocenters. The van der Waals surface area contributed by atoms with Crippen molar-refractivity contribution in [3.8, 4) is 0 Å². The molecule has 1 amide bonds. The van der Waals surface area contributed by atoms with Crippen molar-refractivity contribution >= 4 is 11.9 Å². The van der Waals surface area contributed by atoms with Gasteiger partial charge in [-0.3, -0.25) is 4.79 Å². The van der Waals surface area contributed by atoms with Gasteiger partial charge in [0.15, 0.2) is 5.96 Å². The lowest BCUT2D eigenvalue weighted by atomic mass is 10.1. The number of rotatable bonds is 4. The Morgan fingerprint density at radius 2 is 1.90 bits per heavy atom. The van der Waals surface area contributed by atoms with E-state index in [-0.39, 0.29) is 5.91 Å². The van der Waals surface area contributed by atoms with E-state index in [2.05, 4.69) is 10.3 Å². The molecule has 114 valence electrons. The molecule has 0 spiro atoms. The highest BCUT2D eigenvalue weighted by molar-refractivity contribution is 5.94. The Balaban J connectivity index is 2.06. The Kier molecular flexibility index (Phi) is 4.83. The van der Waals surface area contributed by atoms with Gasteiger partial charge in [-0.05, 0) is 30.5 Å². The molecule has 1 fully saturated rings. The van der Waals surface area contributed by atoms with Crippen LogP contribution >= 0.6 is 0 Å². The molecule has 0 heterocycles. The van der Waals surface area contributed by atoms with Gasteiger partial charge in [-0.2, -0.15) is 0 Å². The van der Waals surface area contributed by atoms with Crippen LogP contribution in [-0.2, 0) is 6.54 Å². The summed E-state index contributed by atoms with van der Waals surface area (Å²) in [5.41, 5.74) is 1.76. The summed E-state index contributed by atoms with van der Waals surface area (Å²) in [5, 5.41) is 3.01. The topological polar surface area (TPSA) is 47.9 Å². The van der Waals surface area contributed by atoms with Crippen LogP contribution in [0.5, 0.6) is 0 Å². The van der Waals surface area contributed by atoms with Crippen LogP contribution in [0.4, 0.5) is 0 Å². The molecule has 1 N–H and O–H groups in total. The van der Waals surface area contributed by atoms with Crippen molar-refractivity contribution < 1.29 is 4.79 Å². The SMILES string of the molecule is CN(C)C(=NCc1cccc(C(=O)NC2CC2)c1)N(C)C. The zero-order valence-electron chi connectivity index (χ0n) is 13.3. The fraction of sp³-hybridized carbons (Fsp3) is 0.500. The number of carbonyl (C=O) groups is 1. The average molecular weight is 288 g/mol. The van der Waals surface area contributed by atoms with Crippen molar-refractivity contribution in [3.05, 3.63) is 35.4 Å². The Hall–Kier alpha value is -2.04. The van der Waals surface area contributed by atoms with Gasteiger partial charge in [0.05, 0.1) is 6.54 Å². The highest BCUT2D eigenvalue weighted by Gasteiger charge is 2.23. The molecule has 5 nitrogen and oxygen atoms in total. The van der Waals surface area contributed by atoms with Crippen LogP contribution in [0.3, 0.4) is 0 Å². The summed E-state index contributed by atoms with van der Waals surface area (Å²) in [6, 6.07) is 8.07. The second-order valence-corrected chi connectivity index (χ2v) is 5.85. The van der Waals surface area contributed by atoms with Crippen LogP contribution in [0, 0.1) is 0 Å². The molecule has 0 saturated heterocycles. The molecule has 21 heavy (non-hydrogen) atoms. The number of hydrogen-bond donors (Lipinski definition) is 1. The van der Waals surface area contributed by atoms with E-state index in [1.54, 1.807) is 0 Å². The Morgan fingerprint density at radius 3 is 2.48 bits per heavy atom. The van der Waals surface area contributed by atoms with Gasteiger partial charge in [0.1, 0.15) is 0 Å². The summed E-state index contributed by atoms with van der Waals surface area (Å²) in [6.07, 6.45) is 2.20. The quantitative estimate of drug-likeness (QED) is 0.675. The summed E-state index contributed by atoms with van der Waals surface area (Å²) < 4.78 is 0. The highest BCUT2D eigenvalue weighted by Crippen LogP contribution is 2.19. The molecule has 0 radical (unpaired) electrons. The largest absolute Gasteiger partial charge is 0.349 e. The molecule has 1 aromatic carbocycles. The molecule has 1 aliphatic rings. The van der Waals surface area contributed by atoms with Crippen molar-refractivity contribution in [1.29, 1.82) is 0 Å². The third-order valence-corrected chi connectivity index (χ3v) is 3.30. The van der Waals surface area contributed by atoms with E-state index in [1.807, 2.05) is 62.3 Å². The number of nitrogens with zero attached hydrogens (tertiary/aromatic N) is 3. The third-order valence-electron chi connectivity index (χ3n) is 3.30. The van der Waals surface area contributed by atoms with Crippen LogP contribution in [0.2, 0.25) is 0 Å². The Morgan fingerprint density at radius 1 is 1.24 bits per heavy atom. The van der Waals surface area contributed by atoms with E-state index in [1.165, 1.54) is 0 Å². The number of nitrogens with one attached hydrogen (secondary N) is 1. The van der Waals surface area contributed by atoms with E-state index in [4.69, 9.17) is 0 Å². The summed E-state index contributed by atoms with van der Waals surface area (Å²) in [7, 11) is 7.88. The summed E-state index contributed by atoms with van der Waals surface area (Å²) >= 11 is 0. The second kappa shape index (κ2) is 6.61. The van der Waals surface area contributed by atoms with Crippen molar-refractivity contribution in [1.82, 2.24) is 15.1 Å². The third kappa shape index (κ3) is 4.48. The predicted molar refractivity (Wildman–Crippen MR) is 85.4 cm³/mol. The molecular weight excluding hydrogens is 264 g/mol. The summed E-state index contributed by atoms with van der Waals surface area (Å²) in [4.78, 5) is 20.6. The van der Waals surface area contributed by atoms with E-state index in [0.717, 1.165) is 24.4 Å². The molecule has 0 bridgehead atoms. The maximum Gasteiger partial charge on any atom is 0.251 e. The van der Waals surface area contributed by atoms with E-state index < -0.39 is 0 Å². The molecule has 1 saturated carbocycles. The lowest BCUT2D eigenvalue weighted by molar-refractivity contribution is 0.0951. The minimum Gasteiger partial charge on any atom is -0.349 e. The smallest absolute Gasteiger partial charge is 0.251 e. The lowest BCUT2D eigenvalue weighted by Gasteiger charge is -2.22. The zero-order valence-corrected chi connectivity index (χ0v) is 13.3. The molecule has 2 rings (SSSR count). The zero-order chi connectivity index (χ0) is 15.4. The maximum absolute atomic E-state index is 12.0. The van der Waals surface area contributed by atoms with Crippen molar-refractivity contribution in [3.63, 3.8) is 0 Å². The molecule has 0 atom stereocenters. The average Bonchev–Trinajstić information content (AvgIpc) is 3.22. The number of amides is 1. The minimum atomic E-state index is 0.0174. The van der Waals surface area contributed by atoms with Crippen LogP contribution in [0.1, 0.15) is 28.8 Å². The molecule has 1 aliphatic carbocycles. The minimum absolute atomic E-state index is 0.0174. The summed E-state index contributed by atoms with van der Waals surface area (Å²) in [5.74, 6) is 0.923. The summed E-state index contributed by atoms with van der Waals surface area (Å²) in [6.45, 7) is 0.566. The number of carbonyl (C=O) groups excluding carboxylic acids is 1. The molecule has 1 aromatic rings. The first-order valence-electron chi connectivity index (χ1n) is 7.26. The van der Waals surface area contributed by atoms with Crippen molar-refractivity contribution in [2.45, 2.75) is 25.4 Å². The van der Waals surface area contributed by atoms with Crippen molar-refractivity contribution in [2.24, 2.45) is 4.99 Å². The van der Waals surface area contributed by atoms with Gasteiger partial charge in [0, 0.05) is 39.8 Å². The van der Waals surface area contributed by atoms with Gasteiger partial charge < -0.3 is 15.1 Å². The first-order valence-corrected chi connectivity index (χ1v) is 7.26. The van der Waals surface area contributed by atoms with Crippen molar-refractivity contribution in [2.75, 3.05) is 28.2 Å². The van der Waals surface area contributed by atoms with Gasteiger partial charge in [0.25, 0.3) is 5.91 Å². The fourth-order valence-corrected chi connectivity index (χ4v) is 2.15. The van der Waals surface area contributed by atoms with Gasteiger partial charge in [-0.25, -0.2) is 4.99 Å². The van der Waals surface area contributed by atoms with Gasteiger partial charge >= 0.3 is 0 Å². The fourth-order valence-electron chi connectivity index (χ4n) is 2.15.